The maximum atomic E-state index is 13.5. The summed E-state index contributed by atoms with van der Waals surface area (Å²) < 4.78 is 22.5. The van der Waals surface area contributed by atoms with Gasteiger partial charge in [0.05, 0.1) is 16.1 Å². The standard InChI is InChI=1S/C21H24OSi2.3CO.Fe/c1-23(2,3)20-17-14-11-7-9-13-10-8-12-15(16(13)14)18(17)21(19(20)22)24(4,5)6;3*1-2;/h7-12H,1-6H3;;;;. The zero-order valence-corrected chi connectivity index (χ0v) is 21.6. The Bertz CT molecular complexity index is 1040. The molecular weight excluding hydrogens is 464 g/mol. The van der Waals surface area contributed by atoms with Crippen LogP contribution in [-0.2, 0) is 35.8 Å². The van der Waals surface area contributed by atoms with Gasteiger partial charge in [0.15, 0.2) is 5.78 Å². The molecule has 0 heterocycles. The number of allylic oxidation sites excluding steroid dienone is 4. The van der Waals surface area contributed by atoms with Crippen molar-refractivity contribution in [2.75, 3.05) is 0 Å². The first-order valence-electron chi connectivity index (χ1n) is 9.30. The van der Waals surface area contributed by atoms with Crippen molar-refractivity contribution in [1.82, 2.24) is 0 Å². The molecule has 2 aliphatic carbocycles. The third-order valence-corrected chi connectivity index (χ3v) is 9.10. The minimum atomic E-state index is -1.74. The van der Waals surface area contributed by atoms with Crippen LogP contribution in [0.3, 0.4) is 0 Å². The molecule has 0 saturated carbocycles. The van der Waals surface area contributed by atoms with E-state index in [1.54, 1.807) is 0 Å². The van der Waals surface area contributed by atoms with Gasteiger partial charge in [-0.25, -0.2) is 0 Å². The normalized spacial score (nSPS) is 13.6. The number of Topliss-reactive ketones (excluding diaryl/α,β-unsaturated/α-hetero) is 1. The van der Waals surface area contributed by atoms with Crippen LogP contribution in [0.25, 0.3) is 21.9 Å². The van der Waals surface area contributed by atoms with Gasteiger partial charge in [0.25, 0.3) is 0 Å². The number of fused-ring (bicyclic) bond motifs is 3. The van der Waals surface area contributed by atoms with Crippen LogP contribution < -0.4 is 0 Å². The van der Waals surface area contributed by atoms with Gasteiger partial charge in [-0.15, -0.1) is 0 Å². The predicted molar refractivity (Wildman–Crippen MR) is 121 cm³/mol. The predicted octanol–water partition coefficient (Wildman–Crippen LogP) is 5.58. The first kappa shape index (κ1) is 29.0. The molecule has 160 valence electrons. The fourth-order valence-corrected chi connectivity index (χ4v) is 8.09. The summed E-state index contributed by atoms with van der Waals surface area (Å²) in [6, 6.07) is 13.1. The molecule has 4 rings (SSSR count). The van der Waals surface area contributed by atoms with Crippen LogP contribution in [0.5, 0.6) is 0 Å². The molecule has 0 saturated heterocycles. The second-order valence-electron chi connectivity index (χ2n) is 9.04. The molecule has 31 heavy (non-hydrogen) atoms. The topological polar surface area (TPSA) is 76.8 Å². The number of rotatable bonds is 2. The molecule has 2 aromatic carbocycles. The Morgan fingerprint density at radius 2 is 0.968 bits per heavy atom. The molecule has 0 spiro atoms. The van der Waals surface area contributed by atoms with Crippen molar-refractivity contribution in [3.05, 3.63) is 77.9 Å². The number of carbonyl (C=O) groups is 1. The molecule has 0 fully saturated rings. The Morgan fingerprint density at radius 1 is 0.645 bits per heavy atom. The van der Waals surface area contributed by atoms with E-state index in [0.29, 0.717) is 5.78 Å². The molecule has 2 aliphatic rings. The molecule has 4 nitrogen and oxygen atoms in total. The van der Waals surface area contributed by atoms with Crippen LogP contribution in [0.4, 0.5) is 0 Å². The third-order valence-electron chi connectivity index (χ3n) is 5.15. The van der Waals surface area contributed by atoms with E-state index >= 15 is 0 Å². The van der Waals surface area contributed by atoms with Crippen LogP contribution in [0.2, 0.25) is 39.3 Å². The second kappa shape index (κ2) is 11.1. The van der Waals surface area contributed by atoms with Crippen molar-refractivity contribution in [1.29, 1.82) is 0 Å². The zero-order chi connectivity index (χ0) is 23.4. The number of hydrogen-bond acceptors (Lipinski definition) is 1. The molecule has 0 radical (unpaired) electrons. The van der Waals surface area contributed by atoms with E-state index in [-0.39, 0.29) is 17.1 Å². The number of carbonyl (C=O) groups excluding carboxylic acids is 1. The van der Waals surface area contributed by atoms with Gasteiger partial charge < -0.3 is 0 Å². The van der Waals surface area contributed by atoms with Gasteiger partial charge in [-0.3, -0.25) is 4.79 Å². The van der Waals surface area contributed by atoms with Crippen molar-refractivity contribution < 1.29 is 35.8 Å². The average Bonchev–Trinajstić information content (AvgIpc) is 3.20. The summed E-state index contributed by atoms with van der Waals surface area (Å²) in [6.07, 6.45) is 0. The van der Waals surface area contributed by atoms with Crippen LogP contribution in [0.1, 0.15) is 11.1 Å². The number of benzene rings is 2. The molecule has 0 unspecified atom stereocenters. The summed E-state index contributed by atoms with van der Waals surface area (Å²) >= 11 is 0. The van der Waals surface area contributed by atoms with Crippen LogP contribution in [0.15, 0.2) is 46.8 Å². The summed E-state index contributed by atoms with van der Waals surface area (Å²) in [7, 11) is -3.48. The quantitative estimate of drug-likeness (QED) is 0.309. The Labute approximate surface area is 196 Å². The molecule has 7 heteroatoms. The van der Waals surface area contributed by atoms with Gasteiger partial charge in [-0.1, -0.05) is 75.7 Å². The number of hydrogen-bond donors (Lipinski definition) is 0. The molecule has 0 N–H and O–H groups in total. The first-order valence-corrected chi connectivity index (χ1v) is 16.3. The Hall–Kier alpha value is -1.98. The van der Waals surface area contributed by atoms with Gasteiger partial charge in [0.1, 0.15) is 0 Å². The fourth-order valence-electron chi connectivity index (χ4n) is 4.33. The number of ketones is 1. The van der Waals surface area contributed by atoms with E-state index in [1.807, 2.05) is 0 Å². The molecule has 0 amide bonds. The van der Waals surface area contributed by atoms with Gasteiger partial charge in [-0.05, 0) is 43.4 Å². The van der Waals surface area contributed by atoms with Gasteiger partial charge in [-0.2, -0.15) is 0 Å². The minimum absolute atomic E-state index is 0. The maximum Gasteiger partial charge on any atom is 0 e. The van der Waals surface area contributed by atoms with Gasteiger partial charge in [0.2, 0.25) is 0 Å². The molecular formula is C24H24FeO4Si2. The summed E-state index contributed by atoms with van der Waals surface area (Å²) in [5.74, 6) is 0.366. The largest absolute Gasteiger partial charge is 0 e. The molecule has 2 aromatic rings. The van der Waals surface area contributed by atoms with Crippen molar-refractivity contribution in [2.24, 2.45) is 0 Å². The minimum Gasteiger partial charge on any atom is 0 e. The van der Waals surface area contributed by atoms with E-state index < -0.39 is 16.1 Å². The molecule has 0 aliphatic heterocycles. The van der Waals surface area contributed by atoms with Gasteiger partial charge >= 0.3 is 33.9 Å². The van der Waals surface area contributed by atoms with Crippen molar-refractivity contribution >= 4 is 43.8 Å². The Morgan fingerprint density at radius 3 is 1.26 bits per heavy atom. The first-order chi connectivity index (χ1) is 14.1. The monoisotopic (exact) mass is 488 g/mol. The van der Waals surface area contributed by atoms with Crippen LogP contribution in [-0.4, -0.2) is 21.9 Å². The summed E-state index contributed by atoms with van der Waals surface area (Å²) in [5, 5.41) is 4.94. The van der Waals surface area contributed by atoms with E-state index in [4.69, 9.17) is 14.0 Å². The van der Waals surface area contributed by atoms with Gasteiger partial charge in [0, 0.05) is 17.1 Å². The Balaban J connectivity index is 0.00000119. The average molecular weight is 488 g/mol. The van der Waals surface area contributed by atoms with E-state index in [1.165, 1.54) is 33.0 Å². The second-order valence-corrected chi connectivity index (χ2v) is 19.0. The summed E-state index contributed by atoms with van der Waals surface area (Å²) in [5.41, 5.74) is 5.14. The van der Waals surface area contributed by atoms with Crippen molar-refractivity contribution in [3.63, 3.8) is 0 Å². The molecule has 0 aromatic heterocycles. The van der Waals surface area contributed by atoms with Crippen molar-refractivity contribution in [2.45, 2.75) is 39.3 Å². The molecule has 0 bridgehead atoms. The zero-order valence-electron chi connectivity index (χ0n) is 18.5. The third kappa shape index (κ3) is 4.93. The van der Waals surface area contributed by atoms with Crippen LogP contribution >= 0.6 is 0 Å². The van der Waals surface area contributed by atoms with Crippen LogP contribution in [0, 0.1) is 20.0 Å². The van der Waals surface area contributed by atoms with E-state index in [2.05, 4.69) is 95.6 Å². The fraction of sp³-hybridized carbons (Fsp3) is 0.250. The maximum absolute atomic E-state index is 13.5. The Kier molecular flexibility index (Phi) is 10.4. The smallest absolute Gasteiger partial charge is 0 e. The van der Waals surface area contributed by atoms with E-state index in [9.17, 15) is 4.79 Å². The van der Waals surface area contributed by atoms with E-state index in [0.717, 1.165) is 10.4 Å². The molecule has 0 atom stereocenters. The van der Waals surface area contributed by atoms with Crippen molar-refractivity contribution in [3.8, 4) is 0 Å². The summed E-state index contributed by atoms with van der Waals surface area (Å²) in [4.78, 5) is 13.5. The summed E-state index contributed by atoms with van der Waals surface area (Å²) in [6.45, 7) is 27.3. The SMILES string of the molecule is C[Si](C)(C)C1=C2C(=C([Si](C)(C)C)C1=O)c1cccc3cccc2c13.[C-]#[O+].[C-]#[O+].[C-]#[O+].[Fe].